The number of thiophene rings is 1. The van der Waals surface area contributed by atoms with Crippen molar-refractivity contribution in [2.24, 2.45) is 0 Å². The summed E-state index contributed by atoms with van der Waals surface area (Å²) in [5.74, 6) is 1.48. The average Bonchev–Trinajstić information content (AvgIpc) is 3.21. The lowest BCUT2D eigenvalue weighted by Gasteiger charge is -2.17. The number of ketones is 1. The van der Waals surface area contributed by atoms with E-state index in [4.69, 9.17) is 16.3 Å². The summed E-state index contributed by atoms with van der Waals surface area (Å²) in [6.45, 7) is 0.447. The number of fused-ring (bicyclic) bond motifs is 3. The number of Topliss-reactive ketones (excluding diaryl/α,β-unsaturated/α-hetero) is 1. The van der Waals surface area contributed by atoms with Crippen molar-refractivity contribution in [2.45, 2.75) is 19.4 Å². The zero-order valence-corrected chi connectivity index (χ0v) is 20.4. The highest BCUT2D eigenvalue weighted by atomic mass is 35.5. The Kier molecular flexibility index (Phi) is 6.22. The van der Waals surface area contributed by atoms with E-state index in [0.29, 0.717) is 36.0 Å². The summed E-state index contributed by atoms with van der Waals surface area (Å²) in [5.41, 5.74) is 3.73. The van der Waals surface area contributed by atoms with Crippen LogP contribution in [0.5, 0.6) is 5.75 Å². The molecule has 8 heteroatoms. The summed E-state index contributed by atoms with van der Waals surface area (Å²) in [4.78, 5) is 25.3. The van der Waals surface area contributed by atoms with Gasteiger partial charge in [-0.15, -0.1) is 11.3 Å². The fraction of sp³-hybridized carbons (Fsp3) is 0.192. The molecule has 0 spiro atoms. The van der Waals surface area contributed by atoms with Gasteiger partial charge in [0.25, 0.3) is 0 Å². The molecule has 5 rings (SSSR count). The van der Waals surface area contributed by atoms with Gasteiger partial charge in [0.15, 0.2) is 5.78 Å². The molecule has 0 atom stereocenters. The molecular weight excluding hydrogens is 468 g/mol. The SMILES string of the molecule is CN(C)C=C1C(=O)CCc2c1sc1ncnc(Nc3ccc(OCc4ccccc4)c(Cl)c3)c21. The van der Waals surface area contributed by atoms with Crippen LogP contribution >= 0.6 is 22.9 Å². The minimum absolute atomic E-state index is 0.160. The topological polar surface area (TPSA) is 67.4 Å². The molecular formula is C26H23ClN4O2S. The van der Waals surface area contributed by atoms with Gasteiger partial charge in [0.1, 0.15) is 29.3 Å². The van der Waals surface area contributed by atoms with Crippen molar-refractivity contribution in [1.82, 2.24) is 14.9 Å². The summed E-state index contributed by atoms with van der Waals surface area (Å²) >= 11 is 8.05. The second kappa shape index (κ2) is 9.44. The first-order chi connectivity index (χ1) is 16.5. The maximum absolute atomic E-state index is 12.6. The van der Waals surface area contributed by atoms with Crippen LogP contribution < -0.4 is 10.1 Å². The predicted molar refractivity (Wildman–Crippen MR) is 138 cm³/mol. The van der Waals surface area contributed by atoms with E-state index in [1.165, 1.54) is 11.3 Å². The Balaban J connectivity index is 1.43. The maximum atomic E-state index is 12.6. The summed E-state index contributed by atoms with van der Waals surface area (Å²) in [7, 11) is 3.84. The predicted octanol–water partition coefficient (Wildman–Crippen LogP) is 6.09. The van der Waals surface area contributed by atoms with Crippen molar-refractivity contribution in [3.8, 4) is 5.75 Å². The molecule has 1 aliphatic rings. The third-order valence-electron chi connectivity index (χ3n) is 5.55. The molecule has 0 bridgehead atoms. The zero-order valence-electron chi connectivity index (χ0n) is 18.8. The van der Waals surface area contributed by atoms with Gasteiger partial charge in [-0.25, -0.2) is 9.97 Å². The third-order valence-corrected chi connectivity index (χ3v) is 7.02. The number of halogens is 1. The fourth-order valence-corrected chi connectivity index (χ4v) is 5.45. The van der Waals surface area contributed by atoms with Gasteiger partial charge in [0.2, 0.25) is 0 Å². The van der Waals surface area contributed by atoms with Crippen LogP contribution in [0.2, 0.25) is 5.02 Å². The fourth-order valence-electron chi connectivity index (χ4n) is 4.00. The lowest BCUT2D eigenvalue weighted by Crippen LogP contribution is -2.14. The number of carbonyl (C=O) groups excluding carboxylic acids is 1. The minimum Gasteiger partial charge on any atom is -0.487 e. The summed E-state index contributed by atoms with van der Waals surface area (Å²) in [6, 6.07) is 15.6. The molecule has 0 amide bonds. The lowest BCUT2D eigenvalue weighted by molar-refractivity contribution is -0.113. The van der Waals surface area contributed by atoms with Crippen LogP contribution in [0.25, 0.3) is 15.8 Å². The summed E-state index contributed by atoms with van der Waals surface area (Å²) in [5, 5.41) is 4.87. The van der Waals surface area contributed by atoms with Crippen LogP contribution in [0, 0.1) is 0 Å². The van der Waals surface area contributed by atoms with E-state index in [0.717, 1.165) is 37.5 Å². The molecule has 0 unspecified atom stereocenters. The number of nitrogens with one attached hydrogen (secondary N) is 1. The molecule has 0 saturated heterocycles. The van der Waals surface area contributed by atoms with E-state index in [9.17, 15) is 4.79 Å². The van der Waals surface area contributed by atoms with Crippen LogP contribution in [0.4, 0.5) is 11.5 Å². The Hall–Kier alpha value is -3.42. The molecule has 0 fully saturated rings. The monoisotopic (exact) mass is 490 g/mol. The minimum atomic E-state index is 0.160. The highest BCUT2D eigenvalue weighted by Crippen LogP contribution is 2.42. The number of ether oxygens (including phenoxy) is 1. The third kappa shape index (κ3) is 4.49. The number of nitrogens with zero attached hydrogens (tertiary/aromatic N) is 3. The zero-order chi connectivity index (χ0) is 23.7. The molecule has 6 nitrogen and oxygen atoms in total. The van der Waals surface area contributed by atoms with E-state index in [-0.39, 0.29) is 5.78 Å². The highest BCUT2D eigenvalue weighted by molar-refractivity contribution is 7.20. The Morgan fingerprint density at radius 1 is 1.15 bits per heavy atom. The van der Waals surface area contributed by atoms with Crippen LogP contribution in [-0.2, 0) is 17.8 Å². The Bertz CT molecular complexity index is 1400. The van der Waals surface area contributed by atoms with Gasteiger partial charge in [-0.2, -0.15) is 0 Å². The van der Waals surface area contributed by atoms with E-state index < -0.39 is 0 Å². The second-order valence-electron chi connectivity index (χ2n) is 8.29. The Morgan fingerprint density at radius 2 is 1.97 bits per heavy atom. The Morgan fingerprint density at radius 3 is 2.74 bits per heavy atom. The number of benzene rings is 2. The van der Waals surface area contributed by atoms with Crippen LogP contribution in [0.3, 0.4) is 0 Å². The Labute approximate surface area is 206 Å². The number of allylic oxidation sites excluding steroid dienone is 1. The van der Waals surface area contributed by atoms with Gasteiger partial charge in [0.05, 0.1) is 16.0 Å². The molecule has 2 heterocycles. The number of rotatable bonds is 6. The van der Waals surface area contributed by atoms with Gasteiger partial charge < -0.3 is 15.0 Å². The van der Waals surface area contributed by atoms with E-state index >= 15 is 0 Å². The quantitative estimate of drug-likeness (QED) is 0.330. The number of carbonyl (C=O) groups is 1. The average molecular weight is 491 g/mol. The van der Waals surface area contributed by atoms with Gasteiger partial charge in [-0.05, 0) is 35.7 Å². The number of aromatic nitrogens is 2. The number of hydrogen-bond acceptors (Lipinski definition) is 7. The molecule has 2 aromatic carbocycles. The lowest BCUT2D eigenvalue weighted by atomic mass is 9.92. The number of anilines is 2. The molecule has 0 saturated carbocycles. The molecule has 0 aliphatic heterocycles. The van der Waals surface area contributed by atoms with E-state index in [1.54, 1.807) is 6.33 Å². The molecule has 1 aliphatic carbocycles. The number of aryl methyl sites for hydroxylation is 1. The maximum Gasteiger partial charge on any atom is 0.166 e. The second-order valence-corrected chi connectivity index (χ2v) is 9.69. The van der Waals surface area contributed by atoms with Crippen LogP contribution in [0.15, 0.2) is 61.1 Å². The molecule has 172 valence electrons. The van der Waals surface area contributed by atoms with Gasteiger partial charge in [0, 0.05) is 37.3 Å². The molecule has 2 aromatic heterocycles. The van der Waals surface area contributed by atoms with Crippen molar-refractivity contribution >= 4 is 56.0 Å². The van der Waals surface area contributed by atoms with Crippen LogP contribution in [-0.4, -0.2) is 34.7 Å². The normalized spacial score (nSPS) is 14.3. The first kappa shape index (κ1) is 22.4. The largest absolute Gasteiger partial charge is 0.487 e. The number of hydrogen-bond donors (Lipinski definition) is 1. The van der Waals surface area contributed by atoms with Gasteiger partial charge >= 0.3 is 0 Å². The van der Waals surface area contributed by atoms with Crippen LogP contribution in [0.1, 0.15) is 22.4 Å². The first-order valence-corrected chi connectivity index (χ1v) is 12.1. The van der Waals surface area contributed by atoms with Crippen molar-refractivity contribution in [1.29, 1.82) is 0 Å². The molecule has 1 N–H and O–H groups in total. The molecule has 0 radical (unpaired) electrons. The van der Waals surface area contributed by atoms with Crippen molar-refractivity contribution < 1.29 is 9.53 Å². The first-order valence-electron chi connectivity index (χ1n) is 10.9. The molecule has 34 heavy (non-hydrogen) atoms. The summed E-state index contributed by atoms with van der Waals surface area (Å²) < 4.78 is 5.89. The van der Waals surface area contributed by atoms with Crippen molar-refractivity contribution in [3.05, 3.63) is 82.1 Å². The van der Waals surface area contributed by atoms with Crippen molar-refractivity contribution in [3.63, 3.8) is 0 Å². The van der Waals surface area contributed by atoms with Gasteiger partial charge in [-0.1, -0.05) is 41.9 Å². The van der Waals surface area contributed by atoms with E-state index in [2.05, 4.69) is 15.3 Å². The smallest absolute Gasteiger partial charge is 0.166 e. The highest BCUT2D eigenvalue weighted by Gasteiger charge is 2.28. The van der Waals surface area contributed by atoms with Gasteiger partial charge in [-0.3, -0.25) is 4.79 Å². The van der Waals surface area contributed by atoms with Crippen molar-refractivity contribution in [2.75, 3.05) is 19.4 Å². The van der Waals surface area contributed by atoms with E-state index in [1.807, 2.05) is 73.7 Å². The molecule has 4 aromatic rings. The summed E-state index contributed by atoms with van der Waals surface area (Å²) in [6.07, 6.45) is 4.59. The standard InChI is InChI=1S/C26H23ClN4O2S/c1-31(2)13-19-21(32)10-9-18-23-25(28-15-29-26(23)34-24(18)19)30-17-8-11-22(20(27)12-17)33-14-16-6-4-3-5-7-16/h3-8,11-13,15H,9-10,14H2,1-2H3,(H,28,29,30).